The van der Waals surface area contributed by atoms with Crippen molar-refractivity contribution in [2.75, 3.05) is 19.1 Å². The highest BCUT2D eigenvalue weighted by Crippen LogP contribution is 2.30. The van der Waals surface area contributed by atoms with E-state index in [4.69, 9.17) is 10.1 Å². The molecule has 0 bridgehead atoms. The normalized spacial score (nSPS) is 14.8. The molecule has 1 aliphatic rings. The van der Waals surface area contributed by atoms with Crippen molar-refractivity contribution in [3.8, 4) is 5.75 Å². The molecule has 2 rings (SSSR count). The molecule has 1 aromatic rings. The Kier molecular flexibility index (Phi) is 14.7. The van der Waals surface area contributed by atoms with E-state index in [0.29, 0.717) is 12.3 Å². The molecule has 0 aromatic heterocycles. The van der Waals surface area contributed by atoms with E-state index in [1.165, 1.54) is 6.92 Å². The number of amidine groups is 1. The molecule has 1 fully saturated rings. The molecule has 1 unspecified atom stereocenters. The van der Waals surface area contributed by atoms with Crippen molar-refractivity contribution in [1.82, 2.24) is 5.32 Å². The summed E-state index contributed by atoms with van der Waals surface area (Å²) in [6.45, 7) is 13.4. The van der Waals surface area contributed by atoms with Crippen molar-refractivity contribution in [3.63, 3.8) is 0 Å². The van der Waals surface area contributed by atoms with Gasteiger partial charge in [0.05, 0.1) is 18.6 Å². The number of anilines is 1. The number of nitrogens with one attached hydrogen (secondary N) is 2. The topological polar surface area (TPSA) is 82.5 Å². The minimum Gasteiger partial charge on any atom is -0.495 e. The molecule has 1 atom stereocenters. The molecule has 1 heterocycles. The van der Waals surface area contributed by atoms with Crippen molar-refractivity contribution in [3.05, 3.63) is 23.8 Å². The van der Waals surface area contributed by atoms with Gasteiger partial charge in [0.2, 0.25) is 11.8 Å². The molecule has 1 aromatic carbocycles. The summed E-state index contributed by atoms with van der Waals surface area (Å²) in [5.41, 5.74) is 1.87. The lowest BCUT2D eigenvalue weighted by Gasteiger charge is -2.20. The first-order valence-corrected chi connectivity index (χ1v) is 9.54. The Morgan fingerprint density at radius 2 is 1.81 bits per heavy atom. The van der Waals surface area contributed by atoms with Gasteiger partial charge in [0.25, 0.3) is 0 Å². The lowest BCUT2D eigenvalue weighted by atomic mass is 10.0. The lowest BCUT2D eigenvalue weighted by Crippen LogP contribution is -2.38. The van der Waals surface area contributed by atoms with E-state index in [-0.39, 0.29) is 17.7 Å². The van der Waals surface area contributed by atoms with Crippen molar-refractivity contribution in [2.45, 2.75) is 61.3 Å². The average Bonchev–Trinajstić information content (AvgIpc) is 2.67. The Morgan fingerprint density at radius 1 is 1.26 bits per heavy atom. The Bertz CT molecular complexity index is 600. The molecular weight excluding hydrogens is 342 g/mol. The highest BCUT2D eigenvalue weighted by atomic mass is 16.5. The van der Waals surface area contributed by atoms with Crippen LogP contribution in [0.2, 0.25) is 0 Å². The number of amides is 2. The van der Waals surface area contributed by atoms with Gasteiger partial charge in [0.1, 0.15) is 5.75 Å². The monoisotopic (exact) mass is 379 g/mol. The van der Waals surface area contributed by atoms with Crippen LogP contribution in [0.1, 0.15) is 59.9 Å². The molecule has 1 saturated heterocycles. The number of hydrogen-bond acceptors (Lipinski definition) is 4. The molecule has 0 saturated carbocycles. The van der Waals surface area contributed by atoms with Gasteiger partial charge in [0, 0.05) is 26.3 Å². The Labute approximate surface area is 164 Å². The second-order valence-corrected chi connectivity index (χ2v) is 5.61. The minimum atomic E-state index is -0.00810. The van der Waals surface area contributed by atoms with E-state index >= 15 is 0 Å². The molecule has 2 N–H and O–H groups in total. The fourth-order valence-electron chi connectivity index (χ4n) is 2.21. The highest BCUT2D eigenvalue weighted by Gasteiger charge is 2.19. The number of nitrogens with zero attached hydrogens (tertiary/aromatic N) is 1. The van der Waals surface area contributed by atoms with Crippen molar-refractivity contribution >= 4 is 23.3 Å². The summed E-state index contributed by atoms with van der Waals surface area (Å²) in [5.74, 6) is 1.17. The Morgan fingerprint density at radius 3 is 2.22 bits per heavy atom. The quantitative estimate of drug-likeness (QED) is 0.791. The third-order valence-electron chi connectivity index (χ3n) is 3.78. The molecule has 0 radical (unpaired) electrons. The predicted octanol–water partition coefficient (Wildman–Crippen LogP) is 4.55. The van der Waals surface area contributed by atoms with Gasteiger partial charge in [-0.25, -0.2) is 0 Å². The van der Waals surface area contributed by atoms with Crippen LogP contribution in [0.25, 0.3) is 0 Å². The summed E-state index contributed by atoms with van der Waals surface area (Å²) in [6, 6.07) is 5.71. The van der Waals surface area contributed by atoms with Crippen LogP contribution in [0.5, 0.6) is 5.75 Å². The molecule has 6 nitrogen and oxygen atoms in total. The molecule has 154 valence electrons. The first-order chi connectivity index (χ1) is 12.8. The van der Waals surface area contributed by atoms with Crippen LogP contribution in [-0.4, -0.2) is 31.8 Å². The van der Waals surface area contributed by atoms with Gasteiger partial charge in [-0.05, 0) is 25.0 Å². The number of piperidine rings is 1. The van der Waals surface area contributed by atoms with E-state index in [1.54, 1.807) is 19.1 Å². The fraction of sp³-hybridized carbons (Fsp3) is 0.571. The van der Waals surface area contributed by atoms with Gasteiger partial charge in [-0.1, -0.05) is 46.8 Å². The maximum atomic E-state index is 11.2. The van der Waals surface area contributed by atoms with E-state index in [1.807, 2.05) is 59.7 Å². The van der Waals surface area contributed by atoms with Gasteiger partial charge in [-0.3, -0.25) is 15.0 Å². The number of carbonyl (C=O) groups excluding carboxylic acids is 2. The van der Waals surface area contributed by atoms with Crippen LogP contribution in [0.15, 0.2) is 18.2 Å². The highest BCUT2D eigenvalue weighted by molar-refractivity contribution is 5.99. The molecule has 27 heavy (non-hydrogen) atoms. The number of carbonyl (C=O) groups is 2. The van der Waals surface area contributed by atoms with E-state index in [0.717, 1.165) is 23.4 Å². The van der Waals surface area contributed by atoms with Crippen molar-refractivity contribution < 1.29 is 14.3 Å². The number of benzene rings is 1. The summed E-state index contributed by atoms with van der Waals surface area (Å²) in [4.78, 5) is 23.6. The Balaban J connectivity index is 0. The van der Waals surface area contributed by atoms with Gasteiger partial charge in [-0.2, -0.15) is 0 Å². The van der Waals surface area contributed by atoms with Crippen molar-refractivity contribution in [1.29, 1.82) is 5.41 Å². The molecule has 0 aliphatic carbocycles. The first kappa shape index (κ1) is 26.9. The van der Waals surface area contributed by atoms with Crippen LogP contribution >= 0.6 is 0 Å². The number of methoxy groups -OCH3 is 1. The summed E-state index contributed by atoms with van der Waals surface area (Å²) in [5, 5.41) is 9.55. The van der Waals surface area contributed by atoms with Gasteiger partial charge >= 0.3 is 0 Å². The van der Waals surface area contributed by atoms with E-state index < -0.39 is 0 Å². The van der Waals surface area contributed by atoms with Gasteiger partial charge < -0.3 is 15.0 Å². The number of aryl methyl sites for hydroxylation is 1. The molecule has 0 spiro atoms. The summed E-state index contributed by atoms with van der Waals surface area (Å²) >= 11 is 0. The lowest BCUT2D eigenvalue weighted by molar-refractivity contribution is -0.123. The number of rotatable bonds is 2. The van der Waals surface area contributed by atoms with Crippen LogP contribution in [0.4, 0.5) is 5.69 Å². The number of para-hydroxylation sites is 1. The van der Waals surface area contributed by atoms with Gasteiger partial charge in [0.15, 0.2) is 0 Å². The van der Waals surface area contributed by atoms with E-state index in [2.05, 4.69) is 5.32 Å². The maximum Gasteiger partial charge on any atom is 0.228 e. The summed E-state index contributed by atoms with van der Waals surface area (Å²) < 4.78 is 5.20. The zero-order valence-corrected chi connectivity index (χ0v) is 18.4. The zero-order chi connectivity index (χ0) is 21.6. The van der Waals surface area contributed by atoms with E-state index in [9.17, 15) is 9.59 Å². The SMILES string of the molecule is CC.CC.CC1CCC(=N)NC1=O.COc1cccc(C)c1N(C)C(C)=O. The average molecular weight is 380 g/mol. The second-order valence-electron chi connectivity index (χ2n) is 5.61. The number of ether oxygens (including phenoxy) is 1. The smallest absolute Gasteiger partial charge is 0.228 e. The van der Waals surface area contributed by atoms with Crippen LogP contribution < -0.4 is 15.0 Å². The van der Waals surface area contributed by atoms with Gasteiger partial charge in [-0.15, -0.1) is 0 Å². The summed E-state index contributed by atoms with van der Waals surface area (Å²) in [6.07, 6.45) is 1.54. The molecule has 2 amide bonds. The third-order valence-corrected chi connectivity index (χ3v) is 3.78. The fourth-order valence-corrected chi connectivity index (χ4v) is 2.21. The number of hydrogen-bond donors (Lipinski definition) is 2. The summed E-state index contributed by atoms with van der Waals surface area (Å²) in [7, 11) is 3.35. The van der Waals surface area contributed by atoms with Crippen molar-refractivity contribution in [2.24, 2.45) is 5.92 Å². The molecule has 1 aliphatic heterocycles. The van der Waals surface area contributed by atoms with Crippen LogP contribution in [0.3, 0.4) is 0 Å². The molecular formula is C21H37N3O3. The largest absolute Gasteiger partial charge is 0.495 e. The minimum absolute atomic E-state index is 0.00222. The standard InChI is InChI=1S/C11H15NO2.C6H10N2O.2C2H6/c1-8-6-5-7-10(14-4)11(8)12(3)9(2)13;1-4-2-3-5(7)8-6(4)9;2*1-2/h5-7H,1-4H3;4H,2-3H2,1H3,(H2,7,8,9);2*1-2H3. The Hall–Kier alpha value is -2.37. The molecule has 6 heteroatoms. The first-order valence-electron chi connectivity index (χ1n) is 9.54. The zero-order valence-electron chi connectivity index (χ0n) is 18.4. The second kappa shape index (κ2) is 14.8. The van der Waals surface area contributed by atoms with Crippen LogP contribution in [-0.2, 0) is 9.59 Å². The maximum absolute atomic E-state index is 11.2. The predicted molar refractivity (Wildman–Crippen MR) is 114 cm³/mol. The van der Waals surface area contributed by atoms with Crippen LogP contribution in [0, 0.1) is 18.3 Å². The third kappa shape index (κ3) is 9.22.